The van der Waals surface area contributed by atoms with Gasteiger partial charge < -0.3 is 5.11 Å². The van der Waals surface area contributed by atoms with Gasteiger partial charge in [-0.1, -0.05) is 18.2 Å². The predicted molar refractivity (Wildman–Crippen MR) is 108 cm³/mol. The van der Waals surface area contributed by atoms with E-state index in [1.165, 1.54) is 16.8 Å². The van der Waals surface area contributed by atoms with Gasteiger partial charge in [-0.3, -0.25) is 9.69 Å². The minimum Gasteiger partial charge on any atom is -0.388 e. The molecule has 3 aromatic rings. The van der Waals surface area contributed by atoms with Gasteiger partial charge in [-0.05, 0) is 48.1 Å². The van der Waals surface area contributed by atoms with E-state index >= 15 is 0 Å². The van der Waals surface area contributed by atoms with Crippen LogP contribution in [0, 0.1) is 5.82 Å². The summed E-state index contributed by atoms with van der Waals surface area (Å²) in [5.74, 6) is -0.234. The second-order valence-electron chi connectivity index (χ2n) is 7.32. The van der Waals surface area contributed by atoms with Crippen molar-refractivity contribution in [3.8, 4) is 10.6 Å². The lowest BCUT2D eigenvalue weighted by Crippen LogP contribution is -2.48. The average molecular weight is 399 g/mol. The molecule has 146 valence electrons. The van der Waals surface area contributed by atoms with E-state index in [0.29, 0.717) is 32.5 Å². The first-order valence-corrected chi connectivity index (χ1v) is 10.2. The zero-order chi connectivity index (χ0) is 19.6. The Morgan fingerprint density at radius 3 is 2.68 bits per heavy atom. The number of hydrogen-bond acceptors (Lipinski definition) is 5. The topological polar surface area (TPSA) is 58.4 Å². The predicted octanol–water partition coefficient (Wildman–Crippen LogP) is 3.14. The number of aliphatic hydroxyl groups is 1. The fourth-order valence-electron chi connectivity index (χ4n) is 3.58. The molecule has 1 N–H and O–H groups in total. The molecule has 7 heteroatoms. The molecular weight excluding hydrogens is 377 g/mol. The summed E-state index contributed by atoms with van der Waals surface area (Å²) in [6.45, 7) is 2.21. The third-order valence-corrected chi connectivity index (χ3v) is 6.06. The summed E-state index contributed by atoms with van der Waals surface area (Å²) in [6, 6.07) is 13.7. The lowest BCUT2D eigenvalue weighted by atomic mass is 9.91. The molecule has 28 heavy (non-hydrogen) atoms. The van der Waals surface area contributed by atoms with E-state index < -0.39 is 5.60 Å². The molecule has 1 aromatic carbocycles. The highest BCUT2D eigenvalue weighted by molar-refractivity contribution is 7.13. The second-order valence-corrected chi connectivity index (χ2v) is 8.27. The summed E-state index contributed by atoms with van der Waals surface area (Å²) in [4.78, 5) is 15.4. The highest BCUT2D eigenvalue weighted by Crippen LogP contribution is 2.26. The van der Waals surface area contributed by atoms with Gasteiger partial charge in [-0.15, -0.1) is 11.3 Å². The van der Waals surface area contributed by atoms with E-state index in [9.17, 15) is 14.3 Å². The molecule has 0 amide bonds. The van der Waals surface area contributed by atoms with Crippen LogP contribution in [0.5, 0.6) is 0 Å². The fraction of sp³-hybridized carbons (Fsp3) is 0.333. The number of halogens is 1. The van der Waals surface area contributed by atoms with Crippen molar-refractivity contribution < 1.29 is 9.50 Å². The van der Waals surface area contributed by atoms with Crippen molar-refractivity contribution >= 4 is 11.3 Å². The minimum atomic E-state index is -0.969. The molecule has 0 spiro atoms. The van der Waals surface area contributed by atoms with Crippen LogP contribution in [0.4, 0.5) is 4.39 Å². The first-order chi connectivity index (χ1) is 13.5. The molecular formula is C21H22FN3O2S. The van der Waals surface area contributed by atoms with Crippen LogP contribution in [0.15, 0.2) is 58.7 Å². The number of rotatable bonds is 5. The quantitative estimate of drug-likeness (QED) is 0.716. The molecule has 2 aromatic heterocycles. The van der Waals surface area contributed by atoms with Crippen LogP contribution in [0.3, 0.4) is 0 Å². The van der Waals surface area contributed by atoms with Crippen molar-refractivity contribution in [1.29, 1.82) is 0 Å². The summed E-state index contributed by atoms with van der Waals surface area (Å²) in [5.41, 5.74) is 0.480. The Morgan fingerprint density at radius 2 is 1.96 bits per heavy atom. The van der Waals surface area contributed by atoms with Gasteiger partial charge in [0, 0.05) is 25.7 Å². The molecule has 0 unspecified atom stereocenters. The molecule has 5 nitrogen and oxygen atoms in total. The van der Waals surface area contributed by atoms with Crippen molar-refractivity contribution in [3.63, 3.8) is 0 Å². The van der Waals surface area contributed by atoms with Gasteiger partial charge >= 0.3 is 0 Å². The maximum Gasteiger partial charge on any atom is 0.266 e. The Kier molecular flexibility index (Phi) is 5.39. The lowest BCUT2D eigenvalue weighted by Gasteiger charge is -2.38. The van der Waals surface area contributed by atoms with Crippen molar-refractivity contribution in [2.75, 3.05) is 13.1 Å². The van der Waals surface area contributed by atoms with Gasteiger partial charge in [-0.25, -0.2) is 9.07 Å². The van der Waals surface area contributed by atoms with Crippen molar-refractivity contribution in [2.24, 2.45) is 0 Å². The van der Waals surface area contributed by atoms with E-state index in [1.54, 1.807) is 29.5 Å². The number of benzene rings is 1. The second kappa shape index (κ2) is 7.95. The third kappa shape index (κ3) is 4.38. The Balaban J connectivity index is 1.42. The molecule has 1 fully saturated rings. The molecule has 0 atom stereocenters. The summed E-state index contributed by atoms with van der Waals surface area (Å²) < 4.78 is 14.7. The highest BCUT2D eigenvalue weighted by atomic mass is 32.1. The van der Waals surface area contributed by atoms with Gasteiger partial charge in [0.05, 0.1) is 17.0 Å². The Morgan fingerprint density at radius 1 is 1.14 bits per heavy atom. The standard InChI is InChI=1S/C21H22FN3O2S/c22-17-4-1-3-16(13-17)14-24-10-8-21(27,9-11-24)15-25-20(26)7-6-18(23-25)19-5-2-12-28-19/h1-7,12-13,27H,8-11,14-15H2. The summed E-state index contributed by atoms with van der Waals surface area (Å²) in [6.07, 6.45) is 1.08. The number of aromatic nitrogens is 2. The Labute approximate surface area is 166 Å². The van der Waals surface area contributed by atoms with Crippen LogP contribution in [-0.4, -0.2) is 38.5 Å². The fourth-order valence-corrected chi connectivity index (χ4v) is 4.27. The SMILES string of the molecule is O=c1ccc(-c2cccs2)nn1CC1(O)CCN(Cc2cccc(F)c2)CC1. The third-order valence-electron chi connectivity index (χ3n) is 5.17. The Bertz CT molecular complexity index is 995. The number of piperidine rings is 1. The molecule has 3 heterocycles. The summed E-state index contributed by atoms with van der Waals surface area (Å²) >= 11 is 1.56. The number of hydrogen-bond donors (Lipinski definition) is 1. The average Bonchev–Trinajstić information content (AvgIpc) is 3.20. The number of likely N-dealkylation sites (tertiary alicyclic amines) is 1. The van der Waals surface area contributed by atoms with E-state index in [2.05, 4.69) is 10.00 Å². The monoisotopic (exact) mass is 399 g/mol. The van der Waals surface area contributed by atoms with E-state index in [1.807, 2.05) is 23.6 Å². The summed E-state index contributed by atoms with van der Waals surface area (Å²) in [5, 5.41) is 17.4. The largest absolute Gasteiger partial charge is 0.388 e. The molecule has 1 aliphatic heterocycles. The molecule has 0 saturated carbocycles. The van der Waals surface area contributed by atoms with Crippen LogP contribution in [-0.2, 0) is 13.1 Å². The molecule has 1 saturated heterocycles. The van der Waals surface area contributed by atoms with Gasteiger partial charge in [0.15, 0.2) is 0 Å². The first-order valence-electron chi connectivity index (χ1n) is 9.32. The first kappa shape index (κ1) is 19.0. The molecule has 4 rings (SSSR count). The lowest BCUT2D eigenvalue weighted by molar-refractivity contribution is -0.0389. The van der Waals surface area contributed by atoms with Crippen LogP contribution in [0.2, 0.25) is 0 Å². The molecule has 1 aliphatic rings. The van der Waals surface area contributed by atoms with Crippen LogP contribution < -0.4 is 5.56 Å². The van der Waals surface area contributed by atoms with Crippen LogP contribution >= 0.6 is 11.3 Å². The smallest absolute Gasteiger partial charge is 0.266 e. The molecule has 0 aliphatic carbocycles. The zero-order valence-corrected chi connectivity index (χ0v) is 16.2. The summed E-state index contributed by atoms with van der Waals surface area (Å²) in [7, 11) is 0. The minimum absolute atomic E-state index is 0.179. The number of nitrogens with zero attached hydrogens (tertiary/aromatic N) is 3. The Hall–Kier alpha value is -2.35. The van der Waals surface area contributed by atoms with Crippen LogP contribution in [0.25, 0.3) is 10.6 Å². The van der Waals surface area contributed by atoms with E-state index in [4.69, 9.17) is 0 Å². The van der Waals surface area contributed by atoms with Crippen LogP contribution in [0.1, 0.15) is 18.4 Å². The van der Waals surface area contributed by atoms with Gasteiger partial charge in [0.2, 0.25) is 0 Å². The van der Waals surface area contributed by atoms with Gasteiger partial charge in [0.25, 0.3) is 5.56 Å². The highest BCUT2D eigenvalue weighted by Gasteiger charge is 2.33. The normalized spacial score (nSPS) is 16.9. The van der Waals surface area contributed by atoms with E-state index in [0.717, 1.165) is 16.1 Å². The van der Waals surface area contributed by atoms with Crippen molar-refractivity contribution in [3.05, 3.63) is 75.6 Å². The maximum absolute atomic E-state index is 13.4. The van der Waals surface area contributed by atoms with E-state index in [-0.39, 0.29) is 17.9 Å². The maximum atomic E-state index is 13.4. The number of thiophene rings is 1. The zero-order valence-electron chi connectivity index (χ0n) is 15.4. The molecule has 0 bridgehead atoms. The van der Waals surface area contributed by atoms with Crippen molar-refractivity contribution in [2.45, 2.75) is 31.5 Å². The van der Waals surface area contributed by atoms with Crippen molar-refractivity contribution in [1.82, 2.24) is 14.7 Å². The van der Waals surface area contributed by atoms with Gasteiger partial charge in [-0.2, -0.15) is 5.10 Å². The van der Waals surface area contributed by atoms with Gasteiger partial charge in [0.1, 0.15) is 11.5 Å². The molecule has 0 radical (unpaired) electrons.